The van der Waals surface area contributed by atoms with Crippen molar-refractivity contribution in [1.29, 1.82) is 0 Å². The molecule has 0 amide bonds. The van der Waals surface area contributed by atoms with Crippen LogP contribution in [0.1, 0.15) is 18.4 Å². The minimum atomic E-state index is -0.291. The molecule has 0 saturated heterocycles. The molecule has 0 spiro atoms. The van der Waals surface area contributed by atoms with Gasteiger partial charge in [0, 0.05) is 17.1 Å². The maximum absolute atomic E-state index is 11.5. The van der Waals surface area contributed by atoms with E-state index in [1.807, 2.05) is 31.3 Å². The summed E-state index contributed by atoms with van der Waals surface area (Å²) >= 11 is 0. The standard InChI is InChI=1S/C13H15NO3/c1-8(13(15)17-3)11-7-14-12-5-4-9(16-2)6-10(11)12/h4-8,14H,1-3H3. The summed E-state index contributed by atoms with van der Waals surface area (Å²) in [6, 6.07) is 5.73. The second kappa shape index (κ2) is 4.49. The lowest BCUT2D eigenvalue weighted by Crippen LogP contribution is -2.10. The van der Waals surface area contributed by atoms with Crippen LogP contribution in [0.4, 0.5) is 0 Å². The highest BCUT2D eigenvalue weighted by molar-refractivity contribution is 5.90. The molecule has 90 valence electrons. The molecule has 0 saturated carbocycles. The zero-order valence-electron chi connectivity index (χ0n) is 10.1. The van der Waals surface area contributed by atoms with Crippen molar-refractivity contribution in [3.8, 4) is 5.75 Å². The van der Waals surface area contributed by atoms with E-state index >= 15 is 0 Å². The zero-order chi connectivity index (χ0) is 12.4. The number of esters is 1. The number of carbonyl (C=O) groups is 1. The third-order valence-corrected chi connectivity index (χ3v) is 2.94. The predicted molar refractivity (Wildman–Crippen MR) is 65.3 cm³/mol. The van der Waals surface area contributed by atoms with Gasteiger partial charge in [-0.2, -0.15) is 0 Å². The van der Waals surface area contributed by atoms with E-state index in [2.05, 4.69) is 4.98 Å². The van der Waals surface area contributed by atoms with Gasteiger partial charge in [0.1, 0.15) is 5.75 Å². The van der Waals surface area contributed by atoms with Crippen LogP contribution >= 0.6 is 0 Å². The molecule has 2 aromatic rings. The van der Waals surface area contributed by atoms with E-state index < -0.39 is 0 Å². The first-order valence-corrected chi connectivity index (χ1v) is 5.40. The van der Waals surface area contributed by atoms with Gasteiger partial charge < -0.3 is 14.5 Å². The molecule has 0 aliphatic heterocycles. The highest BCUT2D eigenvalue weighted by Crippen LogP contribution is 2.29. The maximum atomic E-state index is 11.5. The van der Waals surface area contributed by atoms with E-state index in [1.165, 1.54) is 7.11 Å². The Hall–Kier alpha value is -1.97. The minimum Gasteiger partial charge on any atom is -0.497 e. The fraction of sp³-hybridized carbons (Fsp3) is 0.308. The number of fused-ring (bicyclic) bond motifs is 1. The van der Waals surface area contributed by atoms with Crippen molar-refractivity contribution >= 4 is 16.9 Å². The van der Waals surface area contributed by atoms with Crippen molar-refractivity contribution in [2.75, 3.05) is 14.2 Å². The summed E-state index contributed by atoms with van der Waals surface area (Å²) in [6.07, 6.45) is 1.84. The number of rotatable bonds is 3. The molecular weight excluding hydrogens is 218 g/mol. The van der Waals surface area contributed by atoms with Crippen molar-refractivity contribution < 1.29 is 14.3 Å². The number of carbonyl (C=O) groups excluding carboxylic acids is 1. The van der Waals surface area contributed by atoms with E-state index in [-0.39, 0.29) is 11.9 Å². The van der Waals surface area contributed by atoms with Gasteiger partial charge in [-0.05, 0) is 30.7 Å². The van der Waals surface area contributed by atoms with Crippen molar-refractivity contribution in [1.82, 2.24) is 4.98 Å². The van der Waals surface area contributed by atoms with E-state index in [0.717, 1.165) is 22.2 Å². The Labute approximate surface area is 99.5 Å². The SMILES string of the molecule is COC(=O)C(C)c1c[nH]c2ccc(OC)cc12. The molecule has 0 aliphatic carbocycles. The average molecular weight is 233 g/mol. The van der Waals surface area contributed by atoms with Gasteiger partial charge in [0.25, 0.3) is 0 Å². The number of ether oxygens (including phenoxy) is 2. The van der Waals surface area contributed by atoms with Crippen LogP contribution in [0, 0.1) is 0 Å². The maximum Gasteiger partial charge on any atom is 0.312 e. The molecule has 0 radical (unpaired) electrons. The number of benzene rings is 1. The average Bonchev–Trinajstić information content (AvgIpc) is 2.79. The van der Waals surface area contributed by atoms with Crippen LogP contribution in [-0.4, -0.2) is 25.2 Å². The summed E-state index contributed by atoms with van der Waals surface area (Å²) in [5.74, 6) is 0.241. The van der Waals surface area contributed by atoms with E-state index in [0.29, 0.717) is 0 Å². The quantitative estimate of drug-likeness (QED) is 0.828. The van der Waals surface area contributed by atoms with Crippen molar-refractivity contribution in [3.63, 3.8) is 0 Å². The van der Waals surface area contributed by atoms with Crippen LogP contribution in [0.5, 0.6) is 5.75 Å². The Morgan fingerprint density at radius 3 is 2.76 bits per heavy atom. The molecule has 1 aromatic heterocycles. The molecule has 0 aliphatic rings. The lowest BCUT2D eigenvalue weighted by Gasteiger charge is -2.08. The van der Waals surface area contributed by atoms with Gasteiger partial charge in [0.2, 0.25) is 0 Å². The molecule has 1 atom stereocenters. The predicted octanol–water partition coefficient (Wildman–Crippen LogP) is 2.45. The van der Waals surface area contributed by atoms with Crippen LogP contribution in [0.2, 0.25) is 0 Å². The largest absolute Gasteiger partial charge is 0.497 e. The minimum absolute atomic E-state index is 0.242. The lowest BCUT2D eigenvalue weighted by atomic mass is 10.0. The van der Waals surface area contributed by atoms with Gasteiger partial charge in [-0.15, -0.1) is 0 Å². The van der Waals surface area contributed by atoms with Gasteiger partial charge in [-0.3, -0.25) is 4.79 Å². The van der Waals surface area contributed by atoms with Crippen LogP contribution in [0.3, 0.4) is 0 Å². The number of methoxy groups -OCH3 is 2. The number of aromatic amines is 1. The lowest BCUT2D eigenvalue weighted by molar-refractivity contribution is -0.141. The van der Waals surface area contributed by atoms with E-state index in [4.69, 9.17) is 9.47 Å². The topological polar surface area (TPSA) is 51.3 Å². The van der Waals surface area contributed by atoms with Crippen LogP contribution in [0.15, 0.2) is 24.4 Å². The van der Waals surface area contributed by atoms with Gasteiger partial charge in [0.15, 0.2) is 0 Å². The normalized spacial score (nSPS) is 12.4. The van der Waals surface area contributed by atoms with Crippen molar-refractivity contribution in [2.45, 2.75) is 12.8 Å². The number of aromatic nitrogens is 1. The highest BCUT2D eigenvalue weighted by atomic mass is 16.5. The van der Waals surface area contributed by atoms with Gasteiger partial charge >= 0.3 is 5.97 Å². The monoisotopic (exact) mass is 233 g/mol. The van der Waals surface area contributed by atoms with Crippen LogP contribution in [-0.2, 0) is 9.53 Å². The molecule has 1 aromatic carbocycles. The fourth-order valence-corrected chi connectivity index (χ4v) is 1.91. The van der Waals surface area contributed by atoms with Gasteiger partial charge in [-0.25, -0.2) is 0 Å². The second-order valence-corrected chi connectivity index (χ2v) is 3.90. The molecule has 4 heteroatoms. The summed E-state index contributed by atoms with van der Waals surface area (Å²) in [5.41, 5.74) is 1.90. The molecule has 17 heavy (non-hydrogen) atoms. The van der Waals surface area contributed by atoms with E-state index in [9.17, 15) is 4.79 Å². The van der Waals surface area contributed by atoms with Gasteiger partial charge in [0.05, 0.1) is 20.1 Å². The first kappa shape index (κ1) is 11.5. The summed E-state index contributed by atoms with van der Waals surface area (Å²) in [5, 5.41) is 0.988. The van der Waals surface area contributed by atoms with E-state index in [1.54, 1.807) is 7.11 Å². The molecule has 1 heterocycles. The molecule has 4 nitrogen and oxygen atoms in total. The Balaban J connectivity index is 2.50. The van der Waals surface area contributed by atoms with Crippen molar-refractivity contribution in [3.05, 3.63) is 30.0 Å². The molecular formula is C13H15NO3. The van der Waals surface area contributed by atoms with Crippen LogP contribution in [0.25, 0.3) is 10.9 Å². The summed E-state index contributed by atoms with van der Waals surface area (Å²) in [6.45, 7) is 1.83. The van der Waals surface area contributed by atoms with Crippen LogP contribution < -0.4 is 4.74 Å². The summed E-state index contributed by atoms with van der Waals surface area (Å²) in [7, 11) is 3.02. The summed E-state index contributed by atoms with van der Waals surface area (Å²) < 4.78 is 9.94. The Morgan fingerprint density at radius 2 is 2.12 bits per heavy atom. The molecule has 0 bridgehead atoms. The summed E-state index contributed by atoms with van der Waals surface area (Å²) in [4.78, 5) is 14.7. The first-order chi connectivity index (χ1) is 8.17. The van der Waals surface area contributed by atoms with Crippen molar-refractivity contribution in [2.24, 2.45) is 0 Å². The Morgan fingerprint density at radius 1 is 1.35 bits per heavy atom. The zero-order valence-corrected chi connectivity index (χ0v) is 10.1. The Bertz CT molecular complexity index is 545. The smallest absolute Gasteiger partial charge is 0.312 e. The first-order valence-electron chi connectivity index (χ1n) is 5.40. The Kier molecular flexibility index (Phi) is 3.04. The number of hydrogen-bond donors (Lipinski definition) is 1. The van der Waals surface area contributed by atoms with Gasteiger partial charge in [-0.1, -0.05) is 0 Å². The number of nitrogens with one attached hydrogen (secondary N) is 1. The molecule has 1 unspecified atom stereocenters. The molecule has 2 rings (SSSR count). The fourth-order valence-electron chi connectivity index (χ4n) is 1.91. The third-order valence-electron chi connectivity index (χ3n) is 2.94. The second-order valence-electron chi connectivity index (χ2n) is 3.90. The third kappa shape index (κ3) is 1.98. The molecule has 0 fully saturated rings. The highest BCUT2D eigenvalue weighted by Gasteiger charge is 2.19. The number of H-pyrrole nitrogens is 1. The molecule has 1 N–H and O–H groups in total. The number of hydrogen-bond acceptors (Lipinski definition) is 3.